The number of phenolic OH excluding ortho intramolecular Hbond substituents is 1. The second-order valence-corrected chi connectivity index (χ2v) is 3.51. The van der Waals surface area contributed by atoms with Gasteiger partial charge in [0.05, 0.1) is 26.6 Å². The van der Waals surface area contributed by atoms with Crippen LogP contribution < -0.4 is 25.3 Å². The molecule has 0 amide bonds. The molecule has 0 saturated carbocycles. The van der Waals surface area contributed by atoms with Crippen molar-refractivity contribution in [3.05, 3.63) is 12.4 Å². The Hall–Kier alpha value is -2.32. The van der Waals surface area contributed by atoms with Crippen LogP contribution in [0.3, 0.4) is 0 Å². The van der Waals surface area contributed by atoms with Crippen molar-refractivity contribution in [2.75, 3.05) is 30.1 Å². The van der Waals surface area contributed by atoms with Gasteiger partial charge in [0.15, 0.2) is 11.5 Å². The van der Waals surface area contributed by atoms with Crippen molar-refractivity contribution in [2.24, 2.45) is 0 Å². The average molecular weight is 255 g/mol. The number of aromatic hydroxyl groups is 1. The van der Waals surface area contributed by atoms with E-state index in [0.717, 1.165) is 12.4 Å². The molecule has 1 aliphatic rings. The number of benzene rings is 1. The normalized spacial score (nSPS) is 13.6. The Morgan fingerprint density at radius 2 is 1.50 bits per heavy atom. The van der Waals surface area contributed by atoms with Gasteiger partial charge < -0.3 is 20.3 Å². The highest BCUT2D eigenvalue weighted by Gasteiger charge is 2.31. The molecule has 8 heteroatoms. The van der Waals surface area contributed by atoms with Crippen LogP contribution in [-0.4, -0.2) is 29.7 Å². The van der Waals surface area contributed by atoms with E-state index >= 15 is 0 Å². The largest absolute Gasteiger partial charge is 0.503 e. The summed E-state index contributed by atoms with van der Waals surface area (Å²) >= 11 is 0. The van der Waals surface area contributed by atoms with Crippen molar-refractivity contribution in [2.45, 2.75) is 0 Å². The van der Waals surface area contributed by atoms with Crippen LogP contribution in [0.25, 0.3) is 0 Å². The zero-order valence-corrected chi connectivity index (χ0v) is 9.78. The molecule has 0 unspecified atom stereocenters. The molecule has 0 fully saturated rings. The molecule has 0 spiro atoms. The summed E-state index contributed by atoms with van der Waals surface area (Å²) in [4.78, 5) is 0. The molecule has 18 heavy (non-hydrogen) atoms. The highest BCUT2D eigenvalue weighted by Crippen LogP contribution is 2.55. The van der Waals surface area contributed by atoms with E-state index in [1.54, 1.807) is 0 Å². The first kappa shape index (κ1) is 12.1. The standard InChI is InChI=1S/C10H13N3O5/c1-17-9-5(11)6-7(8(14)10(9)18-2)13(16)4-3-12(6)15/h3-4,14-16H,11H2,1-2H3. The number of hydrogen-bond acceptors (Lipinski definition) is 8. The number of rotatable bonds is 2. The molecule has 0 saturated heterocycles. The van der Waals surface area contributed by atoms with Gasteiger partial charge in [-0.15, -0.1) is 0 Å². The third-order valence-corrected chi connectivity index (χ3v) is 2.59. The van der Waals surface area contributed by atoms with E-state index in [1.165, 1.54) is 14.2 Å². The molecule has 0 bridgehead atoms. The number of phenols is 1. The summed E-state index contributed by atoms with van der Waals surface area (Å²) in [6.45, 7) is 0. The topological polar surface area (TPSA) is 112 Å². The van der Waals surface area contributed by atoms with Crippen LogP contribution in [-0.2, 0) is 0 Å². The Balaban J connectivity index is 2.81. The van der Waals surface area contributed by atoms with Crippen molar-refractivity contribution in [3.8, 4) is 17.2 Å². The van der Waals surface area contributed by atoms with Gasteiger partial charge in [0.25, 0.3) is 0 Å². The molecule has 2 rings (SSSR count). The third-order valence-electron chi connectivity index (χ3n) is 2.59. The van der Waals surface area contributed by atoms with Crippen molar-refractivity contribution in [1.29, 1.82) is 0 Å². The summed E-state index contributed by atoms with van der Waals surface area (Å²) < 4.78 is 10.0. The lowest BCUT2D eigenvalue weighted by atomic mass is 10.1. The van der Waals surface area contributed by atoms with Gasteiger partial charge >= 0.3 is 0 Å². The second-order valence-electron chi connectivity index (χ2n) is 3.51. The lowest BCUT2D eigenvalue weighted by Gasteiger charge is -2.29. The molecule has 1 aliphatic heterocycles. The first-order valence-electron chi connectivity index (χ1n) is 4.93. The average Bonchev–Trinajstić information content (AvgIpc) is 2.35. The summed E-state index contributed by atoms with van der Waals surface area (Å²) in [5.74, 6) is -0.363. The second kappa shape index (κ2) is 4.17. The number of hydrogen-bond donors (Lipinski definition) is 4. The minimum absolute atomic E-state index is 0.00449. The fourth-order valence-electron chi connectivity index (χ4n) is 1.80. The molecule has 1 heterocycles. The molecule has 1 aromatic rings. The van der Waals surface area contributed by atoms with Crippen molar-refractivity contribution >= 4 is 17.1 Å². The molecule has 0 atom stereocenters. The van der Waals surface area contributed by atoms with Crippen LogP contribution >= 0.6 is 0 Å². The van der Waals surface area contributed by atoms with Gasteiger partial charge in [-0.1, -0.05) is 0 Å². The van der Waals surface area contributed by atoms with Crippen LogP contribution in [0.1, 0.15) is 0 Å². The minimum atomic E-state index is -0.399. The Morgan fingerprint density at radius 1 is 1.00 bits per heavy atom. The molecule has 0 aliphatic carbocycles. The molecule has 8 nitrogen and oxygen atoms in total. The summed E-state index contributed by atoms with van der Waals surface area (Å²) in [6, 6.07) is 0. The van der Waals surface area contributed by atoms with Crippen LogP contribution in [0, 0.1) is 0 Å². The number of fused-ring (bicyclic) bond motifs is 1. The number of hydroxylamine groups is 2. The van der Waals surface area contributed by atoms with Gasteiger partial charge in [0.1, 0.15) is 17.1 Å². The van der Waals surface area contributed by atoms with Gasteiger partial charge in [-0.2, -0.15) is 0 Å². The SMILES string of the molecule is COc1c(N)c2c(c(O)c1OC)N(O)C=CN2O. The molecular weight excluding hydrogens is 242 g/mol. The summed E-state index contributed by atoms with van der Waals surface area (Å²) in [5, 5.41) is 30.7. The predicted molar refractivity (Wildman–Crippen MR) is 63.3 cm³/mol. The van der Waals surface area contributed by atoms with Crippen LogP contribution in [0.15, 0.2) is 12.4 Å². The number of nitrogen functional groups attached to an aromatic ring is 1. The highest BCUT2D eigenvalue weighted by molar-refractivity contribution is 5.95. The van der Waals surface area contributed by atoms with Gasteiger partial charge in [0.2, 0.25) is 5.75 Å². The Labute approximate surface area is 103 Å². The van der Waals surface area contributed by atoms with E-state index in [2.05, 4.69) is 0 Å². The fourth-order valence-corrected chi connectivity index (χ4v) is 1.80. The van der Waals surface area contributed by atoms with E-state index < -0.39 is 5.75 Å². The van der Waals surface area contributed by atoms with E-state index in [1.807, 2.05) is 0 Å². The zero-order valence-electron chi connectivity index (χ0n) is 9.78. The number of ether oxygens (including phenoxy) is 2. The maximum absolute atomic E-state index is 10.0. The third kappa shape index (κ3) is 1.47. The Morgan fingerprint density at radius 3 is 2.00 bits per heavy atom. The van der Waals surface area contributed by atoms with E-state index in [9.17, 15) is 15.5 Å². The monoisotopic (exact) mass is 255 g/mol. The van der Waals surface area contributed by atoms with E-state index in [-0.39, 0.29) is 28.6 Å². The van der Waals surface area contributed by atoms with Crippen molar-refractivity contribution < 1.29 is 25.0 Å². The summed E-state index contributed by atoms with van der Waals surface area (Å²) in [7, 11) is 2.66. The quantitative estimate of drug-likeness (QED) is 0.455. The lowest BCUT2D eigenvalue weighted by Crippen LogP contribution is -2.24. The van der Waals surface area contributed by atoms with E-state index in [0.29, 0.717) is 10.1 Å². The van der Waals surface area contributed by atoms with Crippen LogP contribution in [0.5, 0.6) is 17.2 Å². The minimum Gasteiger partial charge on any atom is -0.503 e. The fraction of sp³-hybridized carbons (Fsp3) is 0.200. The lowest BCUT2D eigenvalue weighted by molar-refractivity contribution is 0.261. The van der Waals surface area contributed by atoms with Gasteiger partial charge in [-0.25, -0.2) is 10.1 Å². The molecule has 0 aromatic heterocycles. The molecule has 0 radical (unpaired) electrons. The Kier molecular flexibility index (Phi) is 2.81. The van der Waals surface area contributed by atoms with Gasteiger partial charge in [0, 0.05) is 0 Å². The smallest absolute Gasteiger partial charge is 0.207 e. The predicted octanol–water partition coefficient (Wildman–Crippen LogP) is 0.868. The van der Waals surface area contributed by atoms with E-state index in [4.69, 9.17) is 15.2 Å². The molecule has 5 N–H and O–H groups in total. The van der Waals surface area contributed by atoms with Crippen molar-refractivity contribution in [3.63, 3.8) is 0 Å². The number of methoxy groups -OCH3 is 2. The number of nitrogens with two attached hydrogens (primary N) is 1. The maximum Gasteiger partial charge on any atom is 0.207 e. The first-order chi connectivity index (χ1) is 8.52. The van der Waals surface area contributed by atoms with Crippen LogP contribution in [0.2, 0.25) is 0 Å². The number of nitrogens with zero attached hydrogens (tertiary/aromatic N) is 2. The first-order valence-corrected chi connectivity index (χ1v) is 4.93. The van der Waals surface area contributed by atoms with Gasteiger partial charge in [-0.3, -0.25) is 10.4 Å². The van der Waals surface area contributed by atoms with Crippen molar-refractivity contribution in [1.82, 2.24) is 0 Å². The Bertz CT molecular complexity index is 472. The highest BCUT2D eigenvalue weighted by atomic mass is 16.5. The summed E-state index contributed by atoms with van der Waals surface area (Å²) in [6.07, 6.45) is 2.29. The molecule has 98 valence electrons. The maximum atomic E-state index is 10.0. The molecule has 1 aromatic carbocycles. The van der Waals surface area contributed by atoms with Gasteiger partial charge in [-0.05, 0) is 0 Å². The summed E-state index contributed by atoms with van der Waals surface area (Å²) in [5.41, 5.74) is 5.74. The molecular formula is C10H13N3O5. The number of anilines is 3. The van der Waals surface area contributed by atoms with Crippen LogP contribution in [0.4, 0.5) is 17.1 Å². The zero-order chi connectivity index (χ0) is 13.4.